The summed E-state index contributed by atoms with van der Waals surface area (Å²) in [6, 6.07) is 19.8. The van der Waals surface area contributed by atoms with Gasteiger partial charge in [-0.2, -0.15) is 0 Å². The molecule has 0 aliphatic heterocycles. The lowest BCUT2D eigenvalue weighted by atomic mass is 9.95. The molecule has 0 fully saturated rings. The van der Waals surface area contributed by atoms with Gasteiger partial charge in [0.2, 0.25) is 0 Å². The smallest absolute Gasteiger partial charge is 0.0453 e. The van der Waals surface area contributed by atoms with Gasteiger partial charge in [0.05, 0.1) is 0 Å². The maximum atomic E-state index is 6.41. The van der Waals surface area contributed by atoms with Crippen LogP contribution >= 0.6 is 23.2 Å². The maximum absolute atomic E-state index is 6.41. The van der Waals surface area contributed by atoms with Crippen LogP contribution in [0, 0.1) is 0 Å². The quantitative estimate of drug-likeness (QED) is 0.689. The van der Waals surface area contributed by atoms with Crippen molar-refractivity contribution in [1.82, 2.24) is 0 Å². The highest BCUT2D eigenvalue weighted by Gasteiger charge is 2.14. The zero-order valence-electron chi connectivity index (χ0n) is 11.4. The lowest BCUT2D eigenvalue weighted by molar-refractivity contribution is 0.728. The lowest BCUT2D eigenvalue weighted by Crippen LogP contribution is -2.14. The van der Waals surface area contributed by atoms with E-state index in [2.05, 4.69) is 24.3 Å². The van der Waals surface area contributed by atoms with Crippen molar-refractivity contribution in [2.45, 2.75) is 12.5 Å². The molecule has 0 aliphatic rings. The van der Waals surface area contributed by atoms with Crippen LogP contribution in [0.3, 0.4) is 0 Å². The van der Waals surface area contributed by atoms with Crippen LogP contribution in [-0.2, 0) is 6.42 Å². The average molecular weight is 316 g/mol. The molecular formula is C18H15Cl2N. The lowest BCUT2D eigenvalue weighted by Gasteiger charge is -2.16. The molecule has 0 aliphatic carbocycles. The van der Waals surface area contributed by atoms with Crippen molar-refractivity contribution in [3.8, 4) is 0 Å². The van der Waals surface area contributed by atoms with Gasteiger partial charge in [0.15, 0.2) is 0 Å². The SMILES string of the molecule is NC(Cc1c(Cl)cccc1Cl)c1cccc2ccccc12. The third-order valence-corrected chi connectivity index (χ3v) is 4.42. The molecule has 0 bridgehead atoms. The molecule has 0 spiro atoms. The summed E-state index contributed by atoms with van der Waals surface area (Å²) < 4.78 is 0. The van der Waals surface area contributed by atoms with Crippen LogP contribution in [0.1, 0.15) is 17.2 Å². The van der Waals surface area contributed by atoms with E-state index in [0.717, 1.165) is 11.1 Å². The van der Waals surface area contributed by atoms with Crippen LogP contribution in [0.4, 0.5) is 0 Å². The second-order valence-electron chi connectivity index (χ2n) is 5.08. The fraction of sp³-hybridized carbons (Fsp3) is 0.111. The number of halogens is 2. The van der Waals surface area contributed by atoms with Gasteiger partial charge in [0, 0.05) is 16.1 Å². The monoisotopic (exact) mass is 315 g/mol. The number of nitrogens with two attached hydrogens (primary N) is 1. The molecule has 0 heterocycles. The summed E-state index contributed by atoms with van der Waals surface area (Å²) in [6.07, 6.45) is 0.618. The second kappa shape index (κ2) is 6.07. The van der Waals surface area contributed by atoms with Crippen LogP contribution in [0.25, 0.3) is 10.8 Å². The first kappa shape index (κ1) is 14.4. The van der Waals surface area contributed by atoms with Gasteiger partial charge in [0.25, 0.3) is 0 Å². The van der Waals surface area contributed by atoms with Gasteiger partial charge in [-0.3, -0.25) is 0 Å². The summed E-state index contributed by atoms with van der Waals surface area (Å²) in [4.78, 5) is 0. The Kier molecular flexibility index (Phi) is 4.16. The number of fused-ring (bicyclic) bond motifs is 1. The van der Waals surface area contributed by atoms with Gasteiger partial charge < -0.3 is 5.73 Å². The Morgan fingerprint density at radius 1 is 0.810 bits per heavy atom. The molecule has 1 atom stereocenters. The molecule has 1 nitrogen and oxygen atoms in total. The Balaban J connectivity index is 2.00. The average Bonchev–Trinajstić information content (AvgIpc) is 2.50. The number of hydrogen-bond acceptors (Lipinski definition) is 1. The fourth-order valence-electron chi connectivity index (χ4n) is 2.63. The molecule has 2 N–H and O–H groups in total. The molecule has 0 amide bonds. The van der Waals surface area contributed by atoms with E-state index in [1.54, 1.807) is 0 Å². The summed E-state index contributed by atoms with van der Waals surface area (Å²) in [7, 11) is 0. The normalized spacial score (nSPS) is 12.5. The fourth-order valence-corrected chi connectivity index (χ4v) is 3.18. The Morgan fingerprint density at radius 3 is 2.19 bits per heavy atom. The van der Waals surface area contributed by atoms with E-state index >= 15 is 0 Å². The first-order valence-corrected chi connectivity index (χ1v) is 7.58. The predicted molar refractivity (Wildman–Crippen MR) is 91.0 cm³/mol. The molecular weight excluding hydrogens is 301 g/mol. The number of hydrogen-bond donors (Lipinski definition) is 1. The number of rotatable bonds is 3. The molecule has 1 unspecified atom stereocenters. The van der Waals surface area contributed by atoms with Crippen molar-refractivity contribution in [1.29, 1.82) is 0 Å². The molecule has 0 saturated heterocycles. The molecule has 3 heteroatoms. The Bertz CT molecular complexity index is 758. The van der Waals surface area contributed by atoms with Gasteiger partial charge in [0.1, 0.15) is 0 Å². The van der Waals surface area contributed by atoms with Crippen LogP contribution in [0.15, 0.2) is 60.7 Å². The molecule has 0 saturated carbocycles. The van der Waals surface area contributed by atoms with Crippen molar-refractivity contribution < 1.29 is 0 Å². The minimum atomic E-state index is -0.145. The topological polar surface area (TPSA) is 26.0 Å². The van der Waals surface area contributed by atoms with E-state index in [4.69, 9.17) is 28.9 Å². The third-order valence-electron chi connectivity index (χ3n) is 3.71. The van der Waals surface area contributed by atoms with Crippen molar-refractivity contribution in [3.05, 3.63) is 81.8 Å². The Hall–Kier alpha value is -1.54. The zero-order chi connectivity index (χ0) is 14.8. The second-order valence-corrected chi connectivity index (χ2v) is 5.89. The molecule has 21 heavy (non-hydrogen) atoms. The van der Waals surface area contributed by atoms with Crippen LogP contribution in [0.2, 0.25) is 10.0 Å². The van der Waals surface area contributed by atoms with Crippen molar-refractivity contribution >= 4 is 34.0 Å². The molecule has 106 valence electrons. The van der Waals surface area contributed by atoms with E-state index in [1.165, 1.54) is 10.8 Å². The van der Waals surface area contributed by atoms with Crippen LogP contribution < -0.4 is 5.73 Å². The van der Waals surface area contributed by atoms with Crippen LogP contribution in [-0.4, -0.2) is 0 Å². The molecule has 0 aromatic heterocycles. The minimum Gasteiger partial charge on any atom is -0.324 e. The molecule has 3 aromatic rings. The molecule has 0 radical (unpaired) electrons. The first-order chi connectivity index (χ1) is 10.2. The largest absolute Gasteiger partial charge is 0.324 e. The number of benzene rings is 3. The minimum absolute atomic E-state index is 0.145. The van der Waals surface area contributed by atoms with E-state index in [-0.39, 0.29) is 6.04 Å². The van der Waals surface area contributed by atoms with E-state index in [9.17, 15) is 0 Å². The summed E-state index contributed by atoms with van der Waals surface area (Å²) in [6.45, 7) is 0. The Labute approximate surface area is 134 Å². The van der Waals surface area contributed by atoms with E-state index < -0.39 is 0 Å². The highest BCUT2D eigenvalue weighted by atomic mass is 35.5. The summed E-state index contributed by atoms with van der Waals surface area (Å²) in [5.41, 5.74) is 8.43. The van der Waals surface area contributed by atoms with Gasteiger partial charge in [-0.05, 0) is 40.5 Å². The third kappa shape index (κ3) is 2.91. The van der Waals surface area contributed by atoms with Crippen molar-refractivity contribution in [2.75, 3.05) is 0 Å². The maximum Gasteiger partial charge on any atom is 0.0453 e. The van der Waals surface area contributed by atoms with Gasteiger partial charge in [-0.25, -0.2) is 0 Å². The molecule has 3 aromatic carbocycles. The Morgan fingerprint density at radius 2 is 1.43 bits per heavy atom. The van der Waals surface area contributed by atoms with Crippen molar-refractivity contribution in [3.63, 3.8) is 0 Å². The predicted octanol–water partition coefficient (Wildman–Crippen LogP) is 5.39. The highest BCUT2D eigenvalue weighted by molar-refractivity contribution is 6.36. The first-order valence-electron chi connectivity index (χ1n) is 6.83. The van der Waals surface area contributed by atoms with E-state index in [1.807, 2.05) is 36.4 Å². The summed E-state index contributed by atoms with van der Waals surface area (Å²) in [5.74, 6) is 0. The summed E-state index contributed by atoms with van der Waals surface area (Å²) in [5, 5.41) is 3.70. The highest BCUT2D eigenvalue weighted by Crippen LogP contribution is 2.30. The zero-order valence-corrected chi connectivity index (χ0v) is 12.9. The van der Waals surface area contributed by atoms with Gasteiger partial charge in [-0.15, -0.1) is 0 Å². The van der Waals surface area contributed by atoms with E-state index in [0.29, 0.717) is 16.5 Å². The molecule has 3 rings (SSSR count). The van der Waals surface area contributed by atoms with Gasteiger partial charge in [-0.1, -0.05) is 71.7 Å². The van der Waals surface area contributed by atoms with Crippen LogP contribution in [0.5, 0.6) is 0 Å². The summed E-state index contributed by atoms with van der Waals surface area (Å²) >= 11 is 12.5. The van der Waals surface area contributed by atoms with Gasteiger partial charge >= 0.3 is 0 Å². The van der Waals surface area contributed by atoms with Crippen molar-refractivity contribution in [2.24, 2.45) is 5.73 Å². The standard InChI is InChI=1S/C18H15Cl2N/c19-16-9-4-10-17(20)15(16)11-18(21)14-8-3-6-12-5-1-2-7-13(12)14/h1-10,18H,11,21H2.